The van der Waals surface area contributed by atoms with Crippen molar-refractivity contribution in [3.8, 4) is 0 Å². The third-order valence-corrected chi connectivity index (χ3v) is 5.19. The van der Waals surface area contributed by atoms with Crippen molar-refractivity contribution < 1.29 is 23.5 Å². The number of benzene rings is 2. The van der Waals surface area contributed by atoms with Gasteiger partial charge in [0.2, 0.25) is 5.91 Å². The van der Waals surface area contributed by atoms with Crippen LogP contribution < -0.4 is 10.2 Å². The first-order chi connectivity index (χ1) is 13.0. The van der Waals surface area contributed by atoms with Crippen LogP contribution in [0.25, 0.3) is 10.1 Å². The van der Waals surface area contributed by atoms with Crippen LogP contribution in [0.2, 0.25) is 0 Å². The lowest BCUT2D eigenvalue weighted by atomic mass is 10.2. The van der Waals surface area contributed by atoms with Gasteiger partial charge in [0.1, 0.15) is 17.2 Å². The standard InChI is InChI=1S/C19H13FN2O4S/c20-12-4-3-7-15-11(12)8-16(27-15)19(25)26-10-18(24)22-9-17(23)21-13-5-1-2-6-14(13)22/h1-8H,9-10H2,(H,21,23). The van der Waals surface area contributed by atoms with Crippen LogP contribution in [0.3, 0.4) is 0 Å². The Morgan fingerprint density at radius 3 is 2.81 bits per heavy atom. The van der Waals surface area contributed by atoms with Gasteiger partial charge < -0.3 is 10.1 Å². The zero-order chi connectivity index (χ0) is 19.0. The average molecular weight is 384 g/mol. The van der Waals surface area contributed by atoms with Crippen LogP contribution in [-0.2, 0) is 14.3 Å². The number of thiophene rings is 1. The average Bonchev–Trinajstić information content (AvgIpc) is 3.11. The number of halogens is 1. The number of rotatable bonds is 3. The predicted octanol–water partition coefficient (Wildman–Crippen LogP) is 3.18. The molecule has 0 spiro atoms. The van der Waals surface area contributed by atoms with Gasteiger partial charge in [0.25, 0.3) is 5.91 Å². The van der Waals surface area contributed by atoms with E-state index in [0.717, 1.165) is 11.3 Å². The highest BCUT2D eigenvalue weighted by Crippen LogP contribution is 2.30. The van der Waals surface area contributed by atoms with E-state index >= 15 is 0 Å². The highest BCUT2D eigenvalue weighted by molar-refractivity contribution is 7.20. The van der Waals surface area contributed by atoms with Crippen LogP contribution >= 0.6 is 11.3 Å². The first-order valence-corrected chi connectivity index (χ1v) is 8.89. The summed E-state index contributed by atoms with van der Waals surface area (Å²) in [6.45, 7) is -0.668. The third-order valence-electron chi connectivity index (χ3n) is 4.11. The summed E-state index contributed by atoms with van der Waals surface area (Å²) in [7, 11) is 0. The van der Waals surface area contributed by atoms with E-state index in [1.807, 2.05) is 0 Å². The highest BCUT2D eigenvalue weighted by atomic mass is 32.1. The van der Waals surface area contributed by atoms with E-state index in [1.54, 1.807) is 36.4 Å². The van der Waals surface area contributed by atoms with Crippen LogP contribution in [0, 0.1) is 5.82 Å². The number of nitrogens with zero attached hydrogens (tertiary/aromatic N) is 1. The zero-order valence-corrected chi connectivity index (χ0v) is 14.7. The van der Waals surface area contributed by atoms with E-state index in [9.17, 15) is 18.8 Å². The Morgan fingerprint density at radius 2 is 2.00 bits per heavy atom. The second kappa shape index (κ2) is 6.81. The van der Waals surface area contributed by atoms with Crippen LogP contribution in [0.15, 0.2) is 48.5 Å². The lowest BCUT2D eigenvalue weighted by Gasteiger charge is -2.28. The molecule has 2 aromatic carbocycles. The fourth-order valence-electron chi connectivity index (χ4n) is 2.86. The summed E-state index contributed by atoms with van der Waals surface area (Å²) < 4.78 is 19.5. The highest BCUT2D eigenvalue weighted by Gasteiger charge is 2.27. The van der Waals surface area contributed by atoms with Gasteiger partial charge in [-0.25, -0.2) is 9.18 Å². The molecule has 1 aliphatic rings. The van der Waals surface area contributed by atoms with E-state index in [4.69, 9.17) is 4.74 Å². The number of fused-ring (bicyclic) bond motifs is 2. The second-order valence-electron chi connectivity index (χ2n) is 5.88. The van der Waals surface area contributed by atoms with Gasteiger partial charge in [-0.2, -0.15) is 0 Å². The second-order valence-corrected chi connectivity index (χ2v) is 6.97. The fraction of sp³-hybridized carbons (Fsp3) is 0.105. The molecule has 0 saturated carbocycles. The summed E-state index contributed by atoms with van der Waals surface area (Å²) in [5, 5.41) is 3.02. The number of esters is 1. The van der Waals surface area contributed by atoms with Crippen molar-refractivity contribution in [1.82, 2.24) is 0 Å². The summed E-state index contributed by atoms with van der Waals surface area (Å²) in [5.41, 5.74) is 1.07. The van der Waals surface area contributed by atoms with Crippen molar-refractivity contribution in [1.29, 1.82) is 0 Å². The lowest BCUT2D eigenvalue weighted by molar-refractivity contribution is -0.124. The number of ether oxygens (including phenoxy) is 1. The normalized spacial score (nSPS) is 13.2. The van der Waals surface area contributed by atoms with Crippen molar-refractivity contribution in [2.75, 3.05) is 23.4 Å². The quantitative estimate of drug-likeness (QED) is 0.704. The maximum Gasteiger partial charge on any atom is 0.348 e. The molecule has 0 bridgehead atoms. The Hall–Kier alpha value is -3.26. The van der Waals surface area contributed by atoms with Gasteiger partial charge in [-0.05, 0) is 30.3 Å². The lowest BCUT2D eigenvalue weighted by Crippen LogP contribution is -2.44. The Bertz CT molecular complexity index is 1080. The summed E-state index contributed by atoms with van der Waals surface area (Å²) in [4.78, 5) is 38.0. The molecule has 2 heterocycles. The SMILES string of the molecule is O=C1CN(C(=O)COC(=O)c2cc3c(F)cccc3s2)c2ccccc2N1. The van der Waals surface area contributed by atoms with E-state index < -0.39 is 24.3 Å². The number of hydrogen-bond donors (Lipinski definition) is 1. The van der Waals surface area contributed by atoms with Gasteiger partial charge in [-0.3, -0.25) is 14.5 Å². The van der Waals surface area contributed by atoms with E-state index in [2.05, 4.69) is 5.32 Å². The van der Waals surface area contributed by atoms with Gasteiger partial charge in [0, 0.05) is 10.1 Å². The Balaban J connectivity index is 1.48. The number of carbonyl (C=O) groups is 3. The Kier molecular flexibility index (Phi) is 4.33. The molecule has 0 fully saturated rings. The molecule has 0 atom stereocenters. The van der Waals surface area contributed by atoms with Crippen molar-refractivity contribution in [3.05, 3.63) is 59.2 Å². The molecule has 0 unspecified atom stereocenters. The molecule has 2 amide bonds. The number of para-hydroxylation sites is 2. The molecule has 27 heavy (non-hydrogen) atoms. The fourth-order valence-corrected chi connectivity index (χ4v) is 3.83. The predicted molar refractivity (Wildman–Crippen MR) is 99.5 cm³/mol. The third kappa shape index (κ3) is 3.26. The molecule has 0 radical (unpaired) electrons. The molecule has 1 aromatic heterocycles. The molecule has 8 heteroatoms. The summed E-state index contributed by atoms with van der Waals surface area (Å²) in [5.74, 6) is -1.97. The molecular formula is C19H13FN2O4S. The molecule has 4 rings (SSSR count). The van der Waals surface area contributed by atoms with E-state index in [-0.39, 0.29) is 17.3 Å². The Morgan fingerprint density at radius 1 is 1.19 bits per heavy atom. The van der Waals surface area contributed by atoms with Gasteiger partial charge in [-0.15, -0.1) is 11.3 Å². The molecular weight excluding hydrogens is 371 g/mol. The summed E-state index contributed by atoms with van der Waals surface area (Å²) >= 11 is 1.09. The minimum absolute atomic E-state index is 0.151. The van der Waals surface area contributed by atoms with Gasteiger partial charge >= 0.3 is 5.97 Å². The first kappa shape index (κ1) is 17.2. The van der Waals surface area contributed by atoms with Gasteiger partial charge in [0.05, 0.1) is 11.4 Å². The molecule has 3 aromatic rings. The van der Waals surface area contributed by atoms with Gasteiger partial charge in [0.15, 0.2) is 6.61 Å². The molecule has 0 saturated heterocycles. The topological polar surface area (TPSA) is 75.7 Å². The van der Waals surface area contributed by atoms with Crippen LogP contribution in [0.4, 0.5) is 15.8 Å². The van der Waals surface area contributed by atoms with E-state index in [1.165, 1.54) is 17.0 Å². The van der Waals surface area contributed by atoms with Gasteiger partial charge in [-0.1, -0.05) is 18.2 Å². The molecule has 6 nitrogen and oxygen atoms in total. The minimum Gasteiger partial charge on any atom is -0.451 e. The zero-order valence-electron chi connectivity index (χ0n) is 13.9. The maximum atomic E-state index is 13.8. The van der Waals surface area contributed by atoms with Crippen molar-refractivity contribution in [2.24, 2.45) is 0 Å². The number of hydrogen-bond acceptors (Lipinski definition) is 5. The van der Waals surface area contributed by atoms with Crippen molar-refractivity contribution >= 4 is 50.6 Å². The minimum atomic E-state index is -0.710. The van der Waals surface area contributed by atoms with Crippen LogP contribution in [0.5, 0.6) is 0 Å². The smallest absolute Gasteiger partial charge is 0.348 e. The van der Waals surface area contributed by atoms with Crippen LogP contribution in [-0.4, -0.2) is 30.9 Å². The van der Waals surface area contributed by atoms with Crippen LogP contribution in [0.1, 0.15) is 9.67 Å². The maximum absolute atomic E-state index is 13.8. The monoisotopic (exact) mass is 384 g/mol. The number of amides is 2. The van der Waals surface area contributed by atoms with Crippen molar-refractivity contribution in [2.45, 2.75) is 0 Å². The number of anilines is 2. The summed E-state index contributed by atoms with van der Waals surface area (Å²) in [6.07, 6.45) is 0. The number of nitrogens with one attached hydrogen (secondary N) is 1. The Labute approximate surface area is 157 Å². The molecule has 1 aliphatic heterocycles. The largest absolute Gasteiger partial charge is 0.451 e. The summed E-state index contributed by atoms with van der Waals surface area (Å²) in [6, 6.07) is 12.9. The molecule has 136 valence electrons. The van der Waals surface area contributed by atoms with E-state index in [0.29, 0.717) is 21.5 Å². The van der Waals surface area contributed by atoms with Crippen molar-refractivity contribution in [3.63, 3.8) is 0 Å². The molecule has 0 aliphatic carbocycles. The molecule has 1 N–H and O–H groups in total. The first-order valence-electron chi connectivity index (χ1n) is 8.07. The number of carbonyl (C=O) groups excluding carboxylic acids is 3.